The number of ketones is 1. The van der Waals surface area contributed by atoms with Crippen molar-refractivity contribution in [2.45, 2.75) is 13.5 Å². The van der Waals surface area contributed by atoms with Gasteiger partial charge in [0, 0.05) is 13.6 Å². The molecule has 2 heterocycles. The van der Waals surface area contributed by atoms with Gasteiger partial charge in [0.05, 0.1) is 25.1 Å². The van der Waals surface area contributed by atoms with E-state index in [2.05, 4.69) is 10.2 Å². The lowest BCUT2D eigenvalue weighted by Crippen LogP contribution is -2.13. The molecular weight excluding hydrogens is 234 g/mol. The molecule has 7 heteroatoms. The highest BCUT2D eigenvalue weighted by Crippen LogP contribution is 2.23. The van der Waals surface area contributed by atoms with Gasteiger partial charge in [-0.1, -0.05) is 0 Å². The molecule has 0 bridgehead atoms. The zero-order chi connectivity index (χ0) is 13.3. The molecule has 0 saturated heterocycles. The molecule has 0 aromatic carbocycles. The number of nitrogens with zero attached hydrogens (tertiary/aromatic N) is 4. The molecule has 2 rings (SSSR count). The van der Waals surface area contributed by atoms with Crippen LogP contribution in [0.1, 0.15) is 23.0 Å². The number of ether oxygens (including phenoxy) is 1. The van der Waals surface area contributed by atoms with Gasteiger partial charge in [-0.25, -0.2) is 0 Å². The Bertz CT molecular complexity index is 563. The third-order valence-corrected chi connectivity index (χ3v) is 2.77. The van der Waals surface area contributed by atoms with Crippen molar-refractivity contribution in [1.82, 2.24) is 19.6 Å². The maximum absolute atomic E-state index is 12.4. The maximum atomic E-state index is 12.4. The molecule has 96 valence electrons. The second kappa shape index (κ2) is 4.52. The minimum absolute atomic E-state index is 0.239. The van der Waals surface area contributed by atoms with Crippen LogP contribution in [-0.4, -0.2) is 32.5 Å². The second-order valence-corrected chi connectivity index (χ2v) is 3.77. The molecule has 0 aliphatic carbocycles. The van der Waals surface area contributed by atoms with Crippen molar-refractivity contribution >= 4 is 11.6 Å². The molecular formula is C11H15N5O2. The van der Waals surface area contributed by atoms with E-state index in [1.54, 1.807) is 11.7 Å². The van der Waals surface area contributed by atoms with E-state index in [1.807, 2.05) is 6.92 Å². The number of hydrogen-bond donors (Lipinski definition) is 1. The first kappa shape index (κ1) is 12.2. The van der Waals surface area contributed by atoms with Gasteiger partial charge < -0.3 is 10.5 Å². The summed E-state index contributed by atoms with van der Waals surface area (Å²) in [6.45, 7) is 2.47. The molecule has 0 fully saturated rings. The van der Waals surface area contributed by atoms with Crippen LogP contribution in [0.5, 0.6) is 5.75 Å². The van der Waals surface area contributed by atoms with E-state index < -0.39 is 0 Å². The summed E-state index contributed by atoms with van der Waals surface area (Å²) in [5.41, 5.74) is 6.54. The minimum atomic E-state index is -0.239. The number of methoxy groups -OCH3 is 1. The SMILES string of the molecule is CCn1ncc(OC)c1C(=O)c1cnn(C)c1N. The number of nitrogen functional groups attached to an aromatic ring is 1. The van der Waals surface area contributed by atoms with E-state index in [9.17, 15) is 4.79 Å². The topological polar surface area (TPSA) is 88.0 Å². The molecule has 0 saturated carbocycles. The summed E-state index contributed by atoms with van der Waals surface area (Å²) in [7, 11) is 3.18. The van der Waals surface area contributed by atoms with Crippen LogP contribution in [0.4, 0.5) is 5.82 Å². The van der Waals surface area contributed by atoms with Crippen molar-refractivity contribution in [3.63, 3.8) is 0 Å². The lowest BCUT2D eigenvalue weighted by atomic mass is 10.1. The van der Waals surface area contributed by atoms with Gasteiger partial charge in [0.2, 0.25) is 5.78 Å². The zero-order valence-corrected chi connectivity index (χ0v) is 10.5. The molecule has 18 heavy (non-hydrogen) atoms. The van der Waals surface area contributed by atoms with Gasteiger partial charge in [-0.05, 0) is 6.92 Å². The maximum Gasteiger partial charge on any atom is 0.220 e. The monoisotopic (exact) mass is 249 g/mol. The fourth-order valence-corrected chi connectivity index (χ4v) is 1.74. The van der Waals surface area contributed by atoms with Crippen molar-refractivity contribution < 1.29 is 9.53 Å². The molecule has 7 nitrogen and oxygen atoms in total. The Labute approximate surface area is 104 Å². The highest BCUT2D eigenvalue weighted by molar-refractivity contribution is 6.12. The van der Waals surface area contributed by atoms with Gasteiger partial charge in [0.25, 0.3) is 0 Å². The lowest BCUT2D eigenvalue weighted by molar-refractivity contribution is 0.102. The van der Waals surface area contributed by atoms with Crippen LogP contribution < -0.4 is 10.5 Å². The predicted octanol–water partition coefficient (Wildman–Crippen LogP) is 0.458. The van der Waals surface area contributed by atoms with Gasteiger partial charge in [-0.2, -0.15) is 10.2 Å². The first-order chi connectivity index (χ1) is 8.60. The average molecular weight is 249 g/mol. The van der Waals surface area contributed by atoms with Crippen molar-refractivity contribution in [2.75, 3.05) is 12.8 Å². The van der Waals surface area contributed by atoms with E-state index in [0.29, 0.717) is 29.4 Å². The molecule has 2 aromatic heterocycles. The summed E-state index contributed by atoms with van der Waals surface area (Å²) in [6.07, 6.45) is 2.97. The Morgan fingerprint density at radius 3 is 2.67 bits per heavy atom. The molecule has 0 aliphatic heterocycles. The predicted molar refractivity (Wildman–Crippen MR) is 65.5 cm³/mol. The zero-order valence-electron chi connectivity index (χ0n) is 10.5. The van der Waals surface area contributed by atoms with Crippen molar-refractivity contribution in [3.8, 4) is 5.75 Å². The van der Waals surface area contributed by atoms with Crippen LogP contribution in [-0.2, 0) is 13.6 Å². The Kier molecular flexibility index (Phi) is 3.05. The highest BCUT2D eigenvalue weighted by Gasteiger charge is 2.23. The van der Waals surface area contributed by atoms with E-state index in [4.69, 9.17) is 10.5 Å². The van der Waals surface area contributed by atoms with Crippen LogP contribution in [0.25, 0.3) is 0 Å². The summed E-state index contributed by atoms with van der Waals surface area (Å²) in [4.78, 5) is 12.4. The molecule has 0 amide bonds. The first-order valence-electron chi connectivity index (χ1n) is 5.52. The van der Waals surface area contributed by atoms with E-state index in [-0.39, 0.29) is 5.78 Å². The molecule has 0 aliphatic rings. The summed E-state index contributed by atoms with van der Waals surface area (Å²) in [5, 5.41) is 8.05. The summed E-state index contributed by atoms with van der Waals surface area (Å²) in [5.74, 6) is 0.521. The number of carbonyl (C=O) groups is 1. The van der Waals surface area contributed by atoms with E-state index in [1.165, 1.54) is 24.2 Å². The van der Waals surface area contributed by atoms with Gasteiger partial charge >= 0.3 is 0 Å². The Balaban J connectivity index is 2.51. The average Bonchev–Trinajstić information content (AvgIpc) is 2.93. The summed E-state index contributed by atoms with van der Waals surface area (Å²) >= 11 is 0. The molecule has 2 aromatic rings. The van der Waals surface area contributed by atoms with E-state index >= 15 is 0 Å². The van der Waals surface area contributed by atoms with Crippen LogP contribution in [0.15, 0.2) is 12.4 Å². The van der Waals surface area contributed by atoms with Gasteiger partial charge in [0.1, 0.15) is 5.82 Å². The third kappa shape index (κ3) is 1.73. The second-order valence-electron chi connectivity index (χ2n) is 3.77. The van der Waals surface area contributed by atoms with Crippen molar-refractivity contribution in [1.29, 1.82) is 0 Å². The van der Waals surface area contributed by atoms with Gasteiger partial charge in [0.15, 0.2) is 11.4 Å². The van der Waals surface area contributed by atoms with Gasteiger partial charge in [-0.3, -0.25) is 14.2 Å². The fourth-order valence-electron chi connectivity index (χ4n) is 1.74. The number of anilines is 1. The minimum Gasteiger partial charge on any atom is -0.493 e. The van der Waals surface area contributed by atoms with Gasteiger partial charge in [-0.15, -0.1) is 0 Å². The molecule has 0 radical (unpaired) electrons. The number of hydrogen-bond acceptors (Lipinski definition) is 5. The quantitative estimate of drug-likeness (QED) is 0.795. The molecule has 2 N–H and O–H groups in total. The van der Waals surface area contributed by atoms with Crippen LogP contribution in [0, 0.1) is 0 Å². The Morgan fingerprint density at radius 2 is 2.17 bits per heavy atom. The fraction of sp³-hybridized carbons (Fsp3) is 0.364. The Hall–Kier alpha value is -2.31. The summed E-state index contributed by atoms with van der Waals surface area (Å²) in [6, 6.07) is 0. The number of aromatic nitrogens is 4. The van der Waals surface area contributed by atoms with Crippen LogP contribution in [0.2, 0.25) is 0 Å². The number of nitrogens with two attached hydrogens (primary N) is 1. The molecule has 0 atom stereocenters. The van der Waals surface area contributed by atoms with Crippen molar-refractivity contribution in [2.24, 2.45) is 7.05 Å². The van der Waals surface area contributed by atoms with Crippen LogP contribution in [0.3, 0.4) is 0 Å². The third-order valence-electron chi connectivity index (χ3n) is 2.77. The number of carbonyl (C=O) groups excluding carboxylic acids is 1. The van der Waals surface area contributed by atoms with Crippen molar-refractivity contribution in [3.05, 3.63) is 23.7 Å². The normalized spacial score (nSPS) is 10.6. The molecule has 0 unspecified atom stereocenters. The standard InChI is InChI=1S/C11H15N5O2/c1-4-16-9(8(18-3)6-14-16)10(17)7-5-13-15(2)11(7)12/h5-6H,4,12H2,1-3H3. The first-order valence-corrected chi connectivity index (χ1v) is 5.52. The lowest BCUT2D eigenvalue weighted by Gasteiger charge is -2.05. The highest BCUT2D eigenvalue weighted by atomic mass is 16.5. The summed E-state index contributed by atoms with van der Waals surface area (Å²) < 4.78 is 8.17. The van der Waals surface area contributed by atoms with Crippen LogP contribution >= 0.6 is 0 Å². The largest absolute Gasteiger partial charge is 0.493 e. The smallest absolute Gasteiger partial charge is 0.220 e. The molecule has 0 spiro atoms. The van der Waals surface area contributed by atoms with E-state index in [0.717, 1.165) is 0 Å². The Morgan fingerprint density at radius 1 is 1.44 bits per heavy atom. The number of aryl methyl sites for hydroxylation is 2. The number of rotatable bonds is 4.